The molecule has 104 valence electrons. The Kier molecular flexibility index (Phi) is 4.27. The first-order valence-corrected chi connectivity index (χ1v) is 8.37. The lowest BCUT2D eigenvalue weighted by atomic mass is 10.1. The summed E-state index contributed by atoms with van der Waals surface area (Å²) in [4.78, 5) is 13.9. The Balaban J connectivity index is 1.99. The van der Waals surface area contributed by atoms with Crippen molar-refractivity contribution < 1.29 is 18.3 Å². The van der Waals surface area contributed by atoms with E-state index in [9.17, 15) is 13.2 Å². The number of likely N-dealkylation sites (tertiary alicyclic amines) is 1. The van der Waals surface area contributed by atoms with Crippen molar-refractivity contribution in [1.82, 2.24) is 4.90 Å². The van der Waals surface area contributed by atoms with Gasteiger partial charge >= 0.3 is 0 Å². The number of hydrogen-bond donors (Lipinski definition) is 1. The highest BCUT2D eigenvalue weighted by Gasteiger charge is 2.39. The summed E-state index contributed by atoms with van der Waals surface area (Å²) in [5.74, 6) is 0.262. The van der Waals surface area contributed by atoms with Gasteiger partial charge in [0.25, 0.3) is 0 Å². The minimum Gasteiger partial charge on any atom is -0.396 e. The van der Waals surface area contributed by atoms with Gasteiger partial charge in [-0.1, -0.05) is 6.42 Å². The molecule has 1 amide bonds. The van der Waals surface area contributed by atoms with Crippen LogP contribution in [0.4, 0.5) is 0 Å². The summed E-state index contributed by atoms with van der Waals surface area (Å²) in [6.45, 7) is 1.37. The fourth-order valence-electron chi connectivity index (χ4n) is 2.89. The van der Waals surface area contributed by atoms with E-state index in [0.717, 1.165) is 12.8 Å². The molecule has 18 heavy (non-hydrogen) atoms. The Labute approximate surface area is 108 Å². The predicted molar refractivity (Wildman–Crippen MR) is 67.8 cm³/mol. The van der Waals surface area contributed by atoms with Crippen molar-refractivity contribution in [1.29, 1.82) is 0 Å². The molecular weight excluding hydrogens is 254 g/mol. The van der Waals surface area contributed by atoms with E-state index in [1.54, 1.807) is 4.90 Å². The van der Waals surface area contributed by atoms with Gasteiger partial charge in [0.05, 0.1) is 5.75 Å². The van der Waals surface area contributed by atoms with Crippen LogP contribution >= 0.6 is 0 Å². The summed E-state index contributed by atoms with van der Waals surface area (Å²) in [5, 5.41) is 8.08. The zero-order valence-electron chi connectivity index (χ0n) is 10.5. The zero-order chi connectivity index (χ0) is 13.2. The molecule has 2 heterocycles. The lowest BCUT2D eigenvalue weighted by molar-refractivity contribution is -0.130. The number of carbonyl (C=O) groups is 1. The fraction of sp³-hybridized carbons (Fsp3) is 0.917. The van der Waals surface area contributed by atoms with Crippen molar-refractivity contribution in [2.24, 2.45) is 5.92 Å². The molecule has 2 rings (SSSR count). The first-order chi connectivity index (χ1) is 8.54. The molecule has 2 aliphatic heterocycles. The third kappa shape index (κ3) is 2.85. The fourth-order valence-corrected chi connectivity index (χ4v) is 4.76. The van der Waals surface area contributed by atoms with Crippen LogP contribution in [-0.2, 0) is 14.6 Å². The molecule has 5 nitrogen and oxygen atoms in total. The van der Waals surface area contributed by atoms with Gasteiger partial charge in [-0.15, -0.1) is 0 Å². The van der Waals surface area contributed by atoms with Crippen LogP contribution < -0.4 is 0 Å². The van der Waals surface area contributed by atoms with Gasteiger partial charge in [0, 0.05) is 19.7 Å². The molecule has 2 atom stereocenters. The molecule has 0 radical (unpaired) electrons. The van der Waals surface area contributed by atoms with Gasteiger partial charge in [-0.2, -0.15) is 0 Å². The maximum atomic E-state index is 12.3. The molecule has 6 heteroatoms. The second-order valence-corrected chi connectivity index (χ2v) is 7.61. The maximum Gasteiger partial charge on any atom is 0.240 e. The Morgan fingerprint density at radius 3 is 2.72 bits per heavy atom. The first-order valence-electron chi connectivity index (χ1n) is 6.66. The summed E-state index contributed by atoms with van der Waals surface area (Å²) in [7, 11) is -3.23. The smallest absolute Gasteiger partial charge is 0.240 e. The molecule has 1 N–H and O–H groups in total. The lowest BCUT2D eigenvalue weighted by Crippen LogP contribution is -2.44. The number of sulfone groups is 1. The molecule has 0 aromatic heterocycles. The summed E-state index contributed by atoms with van der Waals surface area (Å²) in [5.41, 5.74) is 0. The van der Waals surface area contributed by atoms with Gasteiger partial charge < -0.3 is 10.0 Å². The summed E-state index contributed by atoms with van der Waals surface area (Å²) >= 11 is 0. The number of carbonyl (C=O) groups excluding carboxylic acids is 1. The molecule has 0 bridgehead atoms. The Morgan fingerprint density at radius 1 is 1.28 bits per heavy atom. The predicted octanol–water partition coefficient (Wildman–Crippen LogP) is 0.185. The minimum absolute atomic E-state index is 0.133. The van der Waals surface area contributed by atoms with Crippen LogP contribution in [0.25, 0.3) is 0 Å². The third-order valence-electron chi connectivity index (χ3n) is 3.99. The van der Waals surface area contributed by atoms with Crippen LogP contribution in [0.3, 0.4) is 0 Å². The van der Waals surface area contributed by atoms with Crippen molar-refractivity contribution in [3.63, 3.8) is 0 Å². The average molecular weight is 275 g/mol. The summed E-state index contributed by atoms with van der Waals surface area (Å²) in [6, 6.07) is 0. The number of amides is 1. The molecule has 0 saturated carbocycles. The van der Waals surface area contributed by atoms with Crippen LogP contribution in [0, 0.1) is 5.92 Å². The Hall–Kier alpha value is -0.620. The average Bonchev–Trinajstić information content (AvgIpc) is 2.77. The standard InChI is InChI=1S/C12H21NO4S/c14-7-5-10-4-6-13(9-10)12(15)11-3-1-2-8-18(11,16)17/h10-11,14H,1-9H2. The largest absolute Gasteiger partial charge is 0.396 e. The van der Waals surface area contributed by atoms with Crippen LogP contribution in [-0.4, -0.2) is 55.0 Å². The van der Waals surface area contributed by atoms with Crippen molar-refractivity contribution >= 4 is 15.7 Å². The van der Waals surface area contributed by atoms with E-state index in [4.69, 9.17) is 5.11 Å². The van der Waals surface area contributed by atoms with Gasteiger partial charge in [0.15, 0.2) is 9.84 Å². The van der Waals surface area contributed by atoms with Crippen LogP contribution in [0.5, 0.6) is 0 Å². The van der Waals surface area contributed by atoms with Crippen LogP contribution in [0.15, 0.2) is 0 Å². The number of aliphatic hydroxyl groups is 1. The van der Waals surface area contributed by atoms with Gasteiger partial charge in [-0.3, -0.25) is 4.79 Å². The maximum absolute atomic E-state index is 12.3. The highest BCUT2D eigenvalue weighted by atomic mass is 32.2. The van der Waals surface area contributed by atoms with E-state index in [1.807, 2.05) is 0 Å². The molecule has 2 aliphatic rings. The van der Waals surface area contributed by atoms with Crippen molar-refractivity contribution in [2.75, 3.05) is 25.4 Å². The van der Waals surface area contributed by atoms with Crippen molar-refractivity contribution in [3.05, 3.63) is 0 Å². The number of hydrogen-bond acceptors (Lipinski definition) is 4. The van der Waals surface area contributed by atoms with E-state index in [2.05, 4.69) is 0 Å². The molecule has 2 saturated heterocycles. The van der Waals surface area contributed by atoms with Gasteiger partial charge in [0.1, 0.15) is 5.25 Å². The monoisotopic (exact) mass is 275 g/mol. The van der Waals surface area contributed by atoms with Crippen molar-refractivity contribution in [2.45, 2.75) is 37.4 Å². The van der Waals surface area contributed by atoms with Gasteiger partial charge in [-0.05, 0) is 31.6 Å². The molecule has 2 unspecified atom stereocenters. The highest BCUT2D eigenvalue weighted by Crippen LogP contribution is 2.25. The van der Waals surface area contributed by atoms with E-state index in [-0.39, 0.29) is 18.3 Å². The molecule has 0 aromatic carbocycles. The first kappa shape index (κ1) is 13.8. The van der Waals surface area contributed by atoms with Gasteiger partial charge in [0.2, 0.25) is 5.91 Å². The topological polar surface area (TPSA) is 74.7 Å². The zero-order valence-corrected chi connectivity index (χ0v) is 11.4. The third-order valence-corrected chi connectivity index (χ3v) is 6.15. The number of rotatable bonds is 3. The molecule has 0 aliphatic carbocycles. The van der Waals surface area contributed by atoms with E-state index >= 15 is 0 Å². The summed E-state index contributed by atoms with van der Waals surface area (Å²) in [6.07, 6.45) is 3.55. The van der Waals surface area contributed by atoms with E-state index in [0.29, 0.717) is 38.3 Å². The molecular formula is C12H21NO4S. The number of nitrogens with zero attached hydrogens (tertiary/aromatic N) is 1. The summed E-state index contributed by atoms with van der Waals surface area (Å²) < 4.78 is 23.8. The lowest BCUT2D eigenvalue weighted by Gasteiger charge is -2.26. The normalized spacial score (nSPS) is 31.5. The van der Waals surface area contributed by atoms with E-state index < -0.39 is 15.1 Å². The second kappa shape index (κ2) is 5.57. The molecule has 2 fully saturated rings. The quantitative estimate of drug-likeness (QED) is 0.797. The molecule has 0 aromatic rings. The van der Waals surface area contributed by atoms with Crippen LogP contribution in [0.2, 0.25) is 0 Å². The van der Waals surface area contributed by atoms with Crippen molar-refractivity contribution in [3.8, 4) is 0 Å². The Bertz CT molecular complexity index is 406. The second-order valence-electron chi connectivity index (χ2n) is 5.30. The van der Waals surface area contributed by atoms with Gasteiger partial charge in [-0.25, -0.2) is 8.42 Å². The molecule has 0 spiro atoms. The number of aliphatic hydroxyl groups excluding tert-OH is 1. The highest BCUT2D eigenvalue weighted by molar-refractivity contribution is 7.92. The van der Waals surface area contributed by atoms with E-state index in [1.165, 1.54) is 0 Å². The minimum atomic E-state index is -3.23. The van der Waals surface area contributed by atoms with Crippen LogP contribution in [0.1, 0.15) is 32.1 Å². The Morgan fingerprint density at radius 2 is 2.06 bits per heavy atom. The SMILES string of the molecule is O=C(C1CCCCS1(=O)=O)N1CCC(CCO)C1.